The summed E-state index contributed by atoms with van der Waals surface area (Å²) >= 11 is 3.56. The molecule has 0 unspecified atom stereocenters. The average Bonchev–Trinajstić information content (AvgIpc) is 3.17. The number of benzene rings is 1. The molecule has 21 heavy (non-hydrogen) atoms. The Morgan fingerprint density at radius 3 is 2.81 bits per heavy atom. The summed E-state index contributed by atoms with van der Waals surface area (Å²) in [5.41, 5.74) is 1.26. The predicted molar refractivity (Wildman–Crippen MR) is 89.8 cm³/mol. The van der Waals surface area contributed by atoms with Gasteiger partial charge in [0.25, 0.3) is 0 Å². The molecule has 0 bridgehead atoms. The molecule has 116 valence electrons. The summed E-state index contributed by atoms with van der Waals surface area (Å²) in [6, 6.07) is 7.05. The molecule has 3 rings (SSSR count). The van der Waals surface area contributed by atoms with Crippen LogP contribution in [0.4, 0.5) is 0 Å². The maximum Gasteiger partial charge on any atom is 0.123 e. The van der Waals surface area contributed by atoms with Crippen LogP contribution in [0.2, 0.25) is 0 Å². The van der Waals surface area contributed by atoms with E-state index in [2.05, 4.69) is 44.3 Å². The highest BCUT2D eigenvalue weighted by atomic mass is 79.9. The van der Waals surface area contributed by atoms with Crippen molar-refractivity contribution in [3.8, 4) is 5.75 Å². The second-order valence-corrected chi connectivity index (χ2v) is 7.07. The highest BCUT2D eigenvalue weighted by molar-refractivity contribution is 9.10. The van der Waals surface area contributed by atoms with E-state index in [4.69, 9.17) is 4.74 Å². The molecule has 1 saturated heterocycles. The molecule has 2 aliphatic rings. The lowest BCUT2D eigenvalue weighted by atomic mass is 10.2. The fourth-order valence-corrected chi connectivity index (χ4v) is 3.25. The molecule has 0 radical (unpaired) electrons. The van der Waals surface area contributed by atoms with Crippen LogP contribution in [0.5, 0.6) is 5.75 Å². The molecule has 1 heterocycles. The summed E-state index contributed by atoms with van der Waals surface area (Å²) < 4.78 is 7.14. The van der Waals surface area contributed by atoms with Gasteiger partial charge in [-0.15, -0.1) is 0 Å². The van der Waals surface area contributed by atoms with Crippen molar-refractivity contribution in [1.29, 1.82) is 0 Å². The van der Waals surface area contributed by atoms with E-state index in [9.17, 15) is 0 Å². The molecule has 2 fully saturated rings. The Hall–Kier alpha value is -0.580. The summed E-state index contributed by atoms with van der Waals surface area (Å²) in [4.78, 5) is 2.54. The van der Waals surface area contributed by atoms with E-state index >= 15 is 0 Å². The molecule has 1 aromatic rings. The molecular weight excluding hydrogens is 328 g/mol. The summed E-state index contributed by atoms with van der Waals surface area (Å²) in [5, 5.41) is 3.57. The van der Waals surface area contributed by atoms with Crippen LogP contribution >= 0.6 is 15.9 Å². The fraction of sp³-hybridized carbons (Fsp3) is 0.647. The zero-order valence-corrected chi connectivity index (χ0v) is 14.2. The van der Waals surface area contributed by atoms with E-state index in [1.165, 1.54) is 50.9 Å². The molecule has 1 aliphatic carbocycles. The second kappa shape index (κ2) is 7.61. The van der Waals surface area contributed by atoms with Crippen LogP contribution < -0.4 is 10.1 Å². The first-order chi connectivity index (χ1) is 10.3. The van der Waals surface area contributed by atoms with E-state index in [1.54, 1.807) is 0 Å². The highest BCUT2D eigenvalue weighted by Gasteiger charge is 2.20. The third-order valence-electron chi connectivity index (χ3n) is 4.26. The number of nitrogens with one attached hydrogen (secondary N) is 1. The van der Waals surface area contributed by atoms with Crippen molar-refractivity contribution in [2.75, 3.05) is 26.2 Å². The first-order valence-corrected chi connectivity index (χ1v) is 8.97. The van der Waals surface area contributed by atoms with Crippen LogP contribution in [0.3, 0.4) is 0 Å². The van der Waals surface area contributed by atoms with Gasteiger partial charge in [0.15, 0.2) is 0 Å². The van der Waals surface area contributed by atoms with E-state index < -0.39 is 0 Å². The molecule has 0 atom stereocenters. The molecular formula is C17H25BrN2O. The number of hydrogen-bond donors (Lipinski definition) is 1. The van der Waals surface area contributed by atoms with Crippen molar-refractivity contribution in [2.45, 2.75) is 44.7 Å². The largest absolute Gasteiger partial charge is 0.493 e. The van der Waals surface area contributed by atoms with Gasteiger partial charge in [0.2, 0.25) is 0 Å². The topological polar surface area (TPSA) is 24.5 Å². The van der Waals surface area contributed by atoms with E-state index in [1.807, 2.05) is 0 Å². The van der Waals surface area contributed by atoms with Gasteiger partial charge >= 0.3 is 0 Å². The molecule has 4 heteroatoms. The van der Waals surface area contributed by atoms with Crippen LogP contribution in [0.1, 0.15) is 37.7 Å². The SMILES string of the molecule is Brc1ccc(OCCCN2CCCC2)c(CNC2CC2)c1. The molecule has 0 spiro atoms. The van der Waals surface area contributed by atoms with Gasteiger partial charge in [-0.3, -0.25) is 0 Å². The number of nitrogens with zero attached hydrogens (tertiary/aromatic N) is 1. The molecule has 1 saturated carbocycles. The lowest BCUT2D eigenvalue weighted by molar-refractivity contribution is 0.261. The third-order valence-corrected chi connectivity index (χ3v) is 4.75. The van der Waals surface area contributed by atoms with Gasteiger partial charge in [0.05, 0.1) is 6.61 Å². The fourth-order valence-electron chi connectivity index (χ4n) is 2.85. The number of hydrogen-bond acceptors (Lipinski definition) is 3. The monoisotopic (exact) mass is 352 g/mol. The Morgan fingerprint density at radius 1 is 1.24 bits per heavy atom. The van der Waals surface area contributed by atoms with E-state index in [0.29, 0.717) is 0 Å². The Morgan fingerprint density at radius 2 is 2.05 bits per heavy atom. The zero-order valence-electron chi connectivity index (χ0n) is 12.6. The summed E-state index contributed by atoms with van der Waals surface area (Å²) in [6.45, 7) is 5.44. The van der Waals surface area contributed by atoms with Crippen molar-refractivity contribution in [3.05, 3.63) is 28.2 Å². The lowest BCUT2D eigenvalue weighted by Gasteiger charge is -2.16. The van der Waals surface area contributed by atoms with Crippen molar-refractivity contribution in [1.82, 2.24) is 10.2 Å². The Balaban J connectivity index is 1.46. The van der Waals surface area contributed by atoms with Crippen LogP contribution in [0, 0.1) is 0 Å². The number of likely N-dealkylation sites (tertiary alicyclic amines) is 1. The van der Waals surface area contributed by atoms with Crippen LogP contribution in [0.15, 0.2) is 22.7 Å². The van der Waals surface area contributed by atoms with Gasteiger partial charge < -0.3 is 15.0 Å². The van der Waals surface area contributed by atoms with Crippen molar-refractivity contribution >= 4 is 15.9 Å². The van der Waals surface area contributed by atoms with Gasteiger partial charge in [-0.1, -0.05) is 15.9 Å². The standard InChI is InChI=1S/C17H25BrN2O/c18-15-4-7-17(14(12-15)13-19-16-5-6-16)21-11-3-10-20-8-1-2-9-20/h4,7,12,16,19H,1-3,5-6,8-11,13H2. The minimum atomic E-state index is 0.729. The molecule has 0 aromatic heterocycles. The Bertz CT molecular complexity index is 456. The van der Waals surface area contributed by atoms with Crippen LogP contribution in [-0.2, 0) is 6.54 Å². The van der Waals surface area contributed by atoms with E-state index in [0.717, 1.165) is 35.8 Å². The normalized spacial score (nSPS) is 19.1. The molecule has 1 aliphatic heterocycles. The van der Waals surface area contributed by atoms with Gasteiger partial charge in [-0.25, -0.2) is 0 Å². The summed E-state index contributed by atoms with van der Waals surface area (Å²) in [7, 11) is 0. The second-order valence-electron chi connectivity index (χ2n) is 6.16. The highest BCUT2D eigenvalue weighted by Crippen LogP contribution is 2.25. The number of halogens is 1. The average molecular weight is 353 g/mol. The Labute approximate surface area is 136 Å². The lowest BCUT2D eigenvalue weighted by Crippen LogP contribution is -2.22. The maximum atomic E-state index is 6.02. The number of ether oxygens (including phenoxy) is 1. The smallest absolute Gasteiger partial charge is 0.123 e. The van der Waals surface area contributed by atoms with Crippen LogP contribution in [0.25, 0.3) is 0 Å². The summed E-state index contributed by atoms with van der Waals surface area (Å²) in [6.07, 6.45) is 6.49. The first-order valence-electron chi connectivity index (χ1n) is 8.18. The van der Waals surface area contributed by atoms with Crippen LogP contribution in [-0.4, -0.2) is 37.2 Å². The van der Waals surface area contributed by atoms with Crippen molar-refractivity contribution in [2.24, 2.45) is 0 Å². The van der Waals surface area contributed by atoms with Crippen molar-refractivity contribution in [3.63, 3.8) is 0 Å². The molecule has 1 N–H and O–H groups in total. The van der Waals surface area contributed by atoms with Gasteiger partial charge in [-0.05, 0) is 63.4 Å². The summed E-state index contributed by atoms with van der Waals surface area (Å²) in [5.74, 6) is 1.03. The van der Waals surface area contributed by atoms with Crippen molar-refractivity contribution < 1.29 is 4.74 Å². The maximum absolute atomic E-state index is 6.02. The predicted octanol–water partition coefficient (Wildman–Crippen LogP) is 3.57. The molecule has 3 nitrogen and oxygen atoms in total. The van der Waals surface area contributed by atoms with Gasteiger partial charge in [-0.2, -0.15) is 0 Å². The molecule has 1 aromatic carbocycles. The third kappa shape index (κ3) is 4.97. The van der Waals surface area contributed by atoms with Gasteiger partial charge in [0.1, 0.15) is 5.75 Å². The number of rotatable bonds is 8. The Kier molecular flexibility index (Phi) is 5.55. The minimum Gasteiger partial charge on any atom is -0.493 e. The first kappa shape index (κ1) is 15.3. The quantitative estimate of drug-likeness (QED) is 0.724. The zero-order chi connectivity index (χ0) is 14.5. The van der Waals surface area contributed by atoms with Gasteiger partial charge in [0, 0.05) is 29.2 Å². The molecule has 0 amide bonds. The minimum absolute atomic E-state index is 0.729. The van der Waals surface area contributed by atoms with E-state index in [-0.39, 0.29) is 0 Å².